The van der Waals surface area contributed by atoms with Gasteiger partial charge in [-0.05, 0) is 44.0 Å². The van der Waals surface area contributed by atoms with E-state index in [4.69, 9.17) is 30.4 Å². The Hall–Kier alpha value is -4.11. The molecule has 1 atom stereocenters. The van der Waals surface area contributed by atoms with Crippen LogP contribution in [0.5, 0.6) is 11.6 Å². The lowest BCUT2D eigenvalue weighted by Crippen LogP contribution is -2.17. The average Bonchev–Trinajstić information content (AvgIpc) is 2.86. The van der Waals surface area contributed by atoms with Gasteiger partial charge in [0.25, 0.3) is 0 Å². The second kappa shape index (κ2) is 14.2. The first kappa shape index (κ1) is 27.1. The molecule has 1 heterocycles. The largest absolute Gasteiger partial charge is 0.497 e. The van der Waals surface area contributed by atoms with Gasteiger partial charge in [0.2, 0.25) is 5.88 Å². The summed E-state index contributed by atoms with van der Waals surface area (Å²) in [5.74, 6) is -1.11. The number of aliphatic carboxylic acids is 2. The van der Waals surface area contributed by atoms with Gasteiger partial charge in [0, 0.05) is 35.7 Å². The summed E-state index contributed by atoms with van der Waals surface area (Å²) < 4.78 is 11.3. The molecule has 1 unspecified atom stereocenters. The molecule has 0 saturated carbocycles. The molecule has 1 aromatic heterocycles. The lowest BCUT2D eigenvalue weighted by Gasteiger charge is -2.17. The Kier molecular flexibility index (Phi) is 11.0. The Morgan fingerprint density at radius 3 is 2.37 bits per heavy atom. The lowest BCUT2D eigenvalue weighted by atomic mass is 10.1. The third-order valence-electron chi connectivity index (χ3n) is 4.82. The molecule has 0 aliphatic carbocycles. The van der Waals surface area contributed by atoms with Crippen LogP contribution < -0.4 is 20.5 Å². The Morgan fingerprint density at radius 1 is 1.09 bits per heavy atom. The summed E-state index contributed by atoms with van der Waals surface area (Å²) in [6.07, 6.45) is 3.10. The van der Waals surface area contributed by atoms with Gasteiger partial charge < -0.3 is 30.7 Å². The maximum Gasteiger partial charge on any atom is 0.328 e. The molecule has 0 spiro atoms. The molecule has 3 aromatic rings. The second-order valence-electron chi connectivity index (χ2n) is 7.66. The predicted molar refractivity (Wildman–Crippen MR) is 135 cm³/mol. The number of aromatic nitrogens is 1. The van der Waals surface area contributed by atoms with Crippen molar-refractivity contribution in [3.05, 3.63) is 72.3 Å². The van der Waals surface area contributed by atoms with Gasteiger partial charge in [-0.1, -0.05) is 30.3 Å². The summed E-state index contributed by atoms with van der Waals surface area (Å²) in [4.78, 5) is 23.8. The van der Waals surface area contributed by atoms with E-state index in [1.54, 1.807) is 7.11 Å². The van der Waals surface area contributed by atoms with Crippen LogP contribution in [0.3, 0.4) is 0 Å². The van der Waals surface area contributed by atoms with Crippen molar-refractivity contribution in [3.8, 4) is 11.6 Å². The van der Waals surface area contributed by atoms with Crippen LogP contribution in [0.2, 0.25) is 0 Å². The zero-order valence-electron chi connectivity index (χ0n) is 19.8. The highest BCUT2D eigenvalue weighted by Crippen LogP contribution is 2.30. The van der Waals surface area contributed by atoms with Crippen LogP contribution in [0.25, 0.3) is 10.9 Å². The van der Waals surface area contributed by atoms with E-state index in [1.807, 2.05) is 54.6 Å². The maximum atomic E-state index is 9.55. The van der Waals surface area contributed by atoms with Crippen molar-refractivity contribution in [2.75, 3.05) is 19.0 Å². The molecule has 0 aliphatic heterocycles. The van der Waals surface area contributed by atoms with Gasteiger partial charge in [0.05, 0.1) is 18.3 Å². The average molecular weight is 482 g/mol. The number of hydrogen-bond acceptors (Lipinski definition) is 7. The van der Waals surface area contributed by atoms with E-state index in [1.165, 1.54) is 0 Å². The van der Waals surface area contributed by atoms with E-state index in [0.29, 0.717) is 37.2 Å². The van der Waals surface area contributed by atoms with Crippen LogP contribution in [0.1, 0.15) is 25.3 Å². The van der Waals surface area contributed by atoms with Crippen LogP contribution in [0, 0.1) is 0 Å². The van der Waals surface area contributed by atoms with Crippen molar-refractivity contribution in [1.29, 1.82) is 0 Å². The Labute approximate surface area is 204 Å². The quantitative estimate of drug-likeness (QED) is 0.298. The molecule has 5 N–H and O–H groups in total. The number of benzene rings is 2. The van der Waals surface area contributed by atoms with E-state index in [-0.39, 0.29) is 0 Å². The molecule has 2 aromatic carbocycles. The molecule has 0 fully saturated rings. The number of rotatable bonds is 11. The SMILES string of the molecule is COc1cc(NC(C)CCCN)c2nc(OCc3ccccc3)ccc2c1.O=C(O)/C=C\C(=O)O. The number of hydrogen-bond donors (Lipinski definition) is 4. The molecule has 0 radical (unpaired) electrons. The van der Waals surface area contributed by atoms with Gasteiger partial charge in [-0.15, -0.1) is 0 Å². The number of carboxylic acids is 2. The van der Waals surface area contributed by atoms with Crippen molar-refractivity contribution in [2.45, 2.75) is 32.4 Å². The third kappa shape index (κ3) is 9.73. The minimum Gasteiger partial charge on any atom is -0.497 e. The van der Waals surface area contributed by atoms with E-state index < -0.39 is 11.9 Å². The smallest absolute Gasteiger partial charge is 0.328 e. The molecule has 9 heteroatoms. The van der Waals surface area contributed by atoms with Crippen molar-refractivity contribution in [3.63, 3.8) is 0 Å². The summed E-state index contributed by atoms with van der Waals surface area (Å²) in [6.45, 7) is 3.34. The first-order valence-electron chi connectivity index (χ1n) is 11.1. The zero-order valence-corrected chi connectivity index (χ0v) is 19.8. The highest BCUT2D eigenvalue weighted by molar-refractivity contribution is 5.92. The van der Waals surface area contributed by atoms with Crippen LogP contribution in [0.4, 0.5) is 5.69 Å². The summed E-state index contributed by atoms with van der Waals surface area (Å²) in [7, 11) is 1.67. The van der Waals surface area contributed by atoms with Gasteiger partial charge in [0.1, 0.15) is 12.4 Å². The molecule has 0 aliphatic rings. The molecule has 0 saturated heterocycles. The Balaban J connectivity index is 0.000000466. The van der Waals surface area contributed by atoms with Crippen LogP contribution >= 0.6 is 0 Å². The van der Waals surface area contributed by atoms with E-state index >= 15 is 0 Å². The Morgan fingerprint density at radius 2 is 1.77 bits per heavy atom. The van der Waals surface area contributed by atoms with Crippen molar-refractivity contribution in [2.24, 2.45) is 5.73 Å². The fourth-order valence-corrected chi connectivity index (χ4v) is 3.13. The number of fused-ring (bicyclic) bond motifs is 1. The highest BCUT2D eigenvalue weighted by Gasteiger charge is 2.11. The van der Waals surface area contributed by atoms with Crippen LogP contribution in [-0.4, -0.2) is 46.8 Å². The Bertz CT molecular complexity index is 1120. The molecular formula is C26H31N3O6. The molecule has 9 nitrogen and oxygen atoms in total. The number of anilines is 1. The number of pyridine rings is 1. The number of carboxylic acid groups (broad SMARTS) is 2. The third-order valence-corrected chi connectivity index (χ3v) is 4.82. The number of nitrogens with zero attached hydrogens (tertiary/aromatic N) is 1. The van der Waals surface area contributed by atoms with E-state index in [9.17, 15) is 9.59 Å². The zero-order chi connectivity index (χ0) is 25.6. The minimum absolute atomic E-state index is 0.291. The monoisotopic (exact) mass is 481 g/mol. The number of ether oxygens (including phenoxy) is 2. The molecule has 0 bridgehead atoms. The van der Waals surface area contributed by atoms with Crippen molar-refractivity contribution >= 4 is 28.5 Å². The fourth-order valence-electron chi connectivity index (χ4n) is 3.13. The predicted octanol–water partition coefficient (Wildman–Crippen LogP) is 4.07. The summed E-state index contributed by atoms with van der Waals surface area (Å²) in [5, 5.41) is 20.2. The van der Waals surface area contributed by atoms with Crippen LogP contribution in [0.15, 0.2) is 66.7 Å². The molecule has 186 valence electrons. The number of nitrogens with one attached hydrogen (secondary N) is 1. The number of carbonyl (C=O) groups is 2. The van der Waals surface area contributed by atoms with Gasteiger partial charge in [-0.2, -0.15) is 0 Å². The fraction of sp³-hybridized carbons (Fsp3) is 0.269. The highest BCUT2D eigenvalue weighted by atomic mass is 16.5. The maximum absolute atomic E-state index is 9.55. The van der Waals surface area contributed by atoms with Gasteiger partial charge in [-0.25, -0.2) is 14.6 Å². The first-order chi connectivity index (χ1) is 16.8. The number of nitrogens with two attached hydrogens (primary N) is 1. The van der Waals surface area contributed by atoms with Crippen molar-refractivity contribution < 1.29 is 29.3 Å². The first-order valence-corrected chi connectivity index (χ1v) is 11.1. The van der Waals surface area contributed by atoms with E-state index in [0.717, 1.165) is 40.7 Å². The summed E-state index contributed by atoms with van der Waals surface area (Å²) in [6, 6.07) is 18.2. The second-order valence-corrected chi connectivity index (χ2v) is 7.66. The van der Waals surface area contributed by atoms with Gasteiger partial charge >= 0.3 is 11.9 Å². The minimum atomic E-state index is -1.26. The normalized spacial score (nSPS) is 11.4. The van der Waals surface area contributed by atoms with Gasteiger partial charge in [-0.3, -0.25) is 0 Å². The number of methoxy groups -OCH3 is 1. The lowest BCUT2D eigenvalue weighted by molar-refractivity contribution is -0.134. The topological polar surface area (TPSA) is 144 Å². The summed E-state index contributed by atoms with van der Waals surface area (Å²) in [5.41, 5.74) is 8.56. The van der Waals surface area contributed by atoms with E-state index in [2.05, 4.69) is 12.2 Å². The molecule has 35 heavy (non-hydrogen) atoms. The van der Waals surface area contributed by atoms with Crippen molar-refractivity contribution in [1.82, 2.24) is 4.98 Å². The standard InChI is InChI=1S/C22H27N3O2.C4H4O4/c1-16(7-6-12-23)24-20-14-19(26-2)13-18-10-11-21(25-22(18)20)27-15-17-8-4-3-5-9-17;5-3(6)1-2-4(7)8/h3-5,8-11,13-14,16,24H,6-7,12,15,23H2,1-2H3;1-2H,(H,5,6)(H,7,8)/b;2-1-. The molecular weight excluding hydrogens is 450 g/mol. The summed E-state index contributed by atoms with van der Waals surface area (Å²) >= 11 is 0. The molecule has 3 rings (SSSR count). The van der Waals surface area contributed by atoms with Gasteiger partial charge in [0.15, 0.2) is 0 Å². The molecule has 0 amide bonds. The van der Waals surface area contributed by atoms with Crippen LogP contribution in [-0.2, 0) is 16.2 Å².